The van der Waals surface area contributed by atoms with Crippen LogP contribution >= 0.6 is 12.6 Å². The van der Waals surface area contributed by atoms with Gasteiger partial charge < -0.3 is 5.73 Å². The largest absolute Gasteiger partial charge is 0.402 e. The maximum atomic E-state index is 5.91. The highest BCUT2D eigenvalue weighted by molar-refractivity contribution is 7.80. The van der Waals surface area contributed by atoms with Gasteiger partial charge in [-0.15, -0.1) is 12.6 Å². The van der Waals surface area contributed by atoms with Crippen molar-refractivity contribution in [2.75, 3.05) is 0 Å². The Morgan fingerprint density at radius 3 is 2.38 bits per heavy atom. The highest BCUT2D eigenvalue weighted by Gasteiger charge is 2.15. The summed E-state index contributed by atoms with van der Waals surface area (Å²) >= 11 is 4.23. The minimum absolute atomic E-state index is 0.892. The Hall–Kier alpha value is -0.890. The molecule has 0 aromatic heterocycles. The molecule has 1 nitrogen and oxygen atoms in total. The van der Waals surface area contributed by atoms with E-state index in [9.17, 15) is 0 Å². The number of allylic oxidation sites excluding steroid dienone is 2. The molecule has 1 aromatic rings. The van der Waals surface area contributed by atoms with E-state index in [-0.39, 0.29) is 0 Å². The van der Waals surface area contributed by atoms with Crippen molar-refractivity contribution < 1.29 is 0 Å². The third-order valence-electron chi connectivity index (χ3n) is 2.29. The van der Waals surface area contributed by atoms with Gasteiger partial charge in [-0.2, -0.15) is 0 Å². The van der Waals surface area contributed by atoms with Crippen molar-refractivity contribution in [2.24, 2.45) is 5.73 Å². The molecule has 0 unspecified atom stereocenters. The molecule has 0 atom stereocenters. The predicted octanol–water partition coefficient (Wildman–Crippen LogP) is 2.52. The van der Waals surface area contributed by atoms with Crippen molar-refractivity contribution in [3.63, 3.8) is 0 Å². The molecule has 0 aliphatic heterocycles. The Morgan fingerprint density at radius 1 is 1.23 bits per heavy atom. The van der Waals surface area contributed by atoms with Gasteiger partial charge in [-0.1, -0.05) is 17.7 Å². The number of hydrogen-bond acceptors (Lipinski definition) is 2. The fraction of sp³-hybridized carbons (Fsp3) is 0.273. The fourth-order valence-electron chi connectivity index (χ4n) is 1.34. The van der Waals surface area contributed by atoms with E-state index in [1.54, 1.807) is 0 Å². The summed E-state index contributed by atoms with van der Waals surface area (Å²) in [6, 6.07) is 8.17. The molecule has 2 N–H and O–H groups in total. The van der Waals surface area contributed by atoms with E-state index < -0.39 is 0 Å². The van der Waals surface area contributed by atoms with Gasteiger partial charge in [0.15, 0.2) is 0 Å². The van der Waals surface area contributed by atoms with Crippen molar-refractivity contribution in [1.29, 1.82) is 0 Å². The van der Waals surface area contributed by atoms with Crippen LogP contribution in [-0.4, -0.2) is 0 Å². The summed E-state index contributed by atoms with van der Waals surface area (Å²) in [6.07, 6.45) is 3.30. The van der Waals surface area contributed by atoms with Crippen LogP contribution in [0.25, 0.3) is 0 Å². The zero-order chi connectivity index (χ0) is 9.26. The highest BCUT2D eigenvalue weighted by Crippen LogP contribution is 2.30. The first-order valence-electron chi connectivity index (χ1n) is 4.50. The maximum Gasteiger partial charge on any atom is 0.0120 e. The van der Waals surface area contributed by atoms with Gasteiger partial charge in [0.25, 0.3) is 0 Å². The molecule has 0 heterocycles. The molecule has 1 fully saturated rings. The molecule has 1 aliphatic carbocycles. The van der Waals surface area contributed by atoms with Gasteiger partial charge in [0.2, 0.25) is 0 Å². The van der Waals surface area contributed by atoms with E-state index >= 15 is 0 Å². The topological polar surface area (TPSA) is 26.0 Å². The third-order valence-corrected chi connectivity index (χ3v) is 2.58. The summed E-state index contributed by atoms with van der Waals surface area (Å²) in [5.74, 6) is 0. The van der Waals surface area contributed by atoms with Crippen LogP contribution in [0.15, 0.2) is 40.4 Å². The lowest BCUT2D eigenvalue weighted by Crippen LogP contribution is -2.01. The molecular formula is C11H13NS. The first-order valence-corrected chi connectivity index (χ1v) is 4.95. The van der Waals surface area contributed by atoms with Gasteiger partial charge in [0.05, 0.1) is 0 Å². The molecular weight excluding hydrogens is 178 g/mol. The Morgan fingerprint density at radius 2 is 1.85 bits per heavy atom. The van der Waals surface area contributed by atoms with Crippen LogP contribution in [0.1, 0.15) is 18.4 Å². The molecule has 1 aromatic carbocycles. The van der Waals surface area contributed by atoms with Crippen LogP contribution in [-0.2, 0) is 6.42 Å². The molecule has 2 heteroatoms. The minimum Gasteiger partial charge on any atom is -0.402 e. The average molecular weight is 191 g/mol. The second-order valence-corrected chi connectivity index (χ2v) is 3.99. The second kappa shape index (κ2) is 3.46. The van der Waals surface area contributed by atoms with E-state index in [0.29, 0.717) is 0 Å². The van der Waals surface area contributed by atoms with Gasteiger partial charge in [-0.25, -0.2) is 0 Å². The predicted molar refractivity (Wildman–Crippen MR) is 57.8 cm³/mol. The summed E-state index contributed by atoms with van der Waals surface area (Å²) in [5, 5.41) is 0. The molecule has 68 valence electrons. The zero-order valence-corrected chi connectivity index (χ0v) is 8.35. The Bertz CT molecular complexity index is 332. The van der Waals surface area contributed by atoms with Crippen molar-refractivity contribution >= 4 is 12.6 Å². The number of hydrogen-bond donors (Lipinski definition) is 2. The maximum absolute atomic E-state index is 5.91. The molecule has 1 saturated carbocycles. The smallest absolute Gasteiger partial charge is 0.0120 e. The first kappa shape index (κ1) is 8.70. The van der Waals surface area contributed by atoms with E-state index in [4.69, 9.17) is 5.73 Å². The number of thiol groups is 1. The van der Waals surface area contributed by atoms with Crippen molar-refractivity contribution in [3.05, 3.63) is 41.1 Å². The van der Waals surface area contributed by atoms with E-state index in [1.165, 1.54) is 24.0 Å². The molecule has 0 radical (unpaired) electrons. The molecule has 2 rings (SSSR count). The number of rotatable bonds is 2. The highest BCUT2D eigenvalue weighted by atomic mass is 32.1. The molecule has 13 heavy (non-hydrogen) atoms. The summed E-state index contributed by atoms with van der Waals surface area (Å²) in [4.78, 5) is 1.00. The van der Waals surface area contributed by atoms with Crippen LogP contribution in [0, 0.1) is 0 Å². The first-order chi connectivity index (χ1) is 6.25. The second-order valence-electron chi connectivity index (χ2n) is 3.47. The molecule has 0 spiro atoms. The summed E-state index contributed by atoms with van der Waals surface area (Å²) in [7, 11) is 0. The fourth-order valence-corrected chi connectivity index (χ4v) is 1.49. The van der Waals surface area contributed by atoms with Crippen LogP contribution < -0.4 is 5.73 Å². The lowest BCUT2D eigenvalue weighted by molar-refractivity contribution is 1.09. The van der Waals surface area contributed by atoms with E-state index in [1.807, 2.05) is 12.1 Å². The van der Waals surface area contributed by atoms with Crippen molar-refractivity contribution in [1.82, 2.24) is 0 Å². The van der Waals surface area contributed by atoms with Gasteiger partial charge in [0.1, 0.15) is 0 Å². The third kappa shape index (κ3) is 2.28. The van der Waals surface area contributed by atoms with Crippen LogP contribution in [0.4, 0.5) is 0 Å². The number of nitrogens with two attached hydrogens (primary N) is 1. The molecule has 0 saturated heterocycles. The van der Waals surface area contributed by atoms with Crippen molar-refractivity contribution in [2.45, 2.75) is 24.2 Å². The standard InChI is InChI=1S/C11H13NS/c12-11(9-3-4-9)7-8-1-5-10(13)6-2-8/h1-2,5-6,13H,3-4,7,12H2. The van der Waals surface area contributed by atoms with Crippen molar-refractivity contribution in [3.8, 4) is 0 Å². The van der Waals surface area contributed by atoms with Gasteiger partial charge in [-0.05, 0) is 30.5 Å². The summed E-state index contributed by atoms with van der Waals surface area (Å²) < 4.78 is 0. The zero-order valence-electron chi connectivity index (χ0n) is 7.46. The quantitative estimate of drug-likeness (QED) is 0.690. The summed E-state index contributed by atoms with van der Waals surface area (Å²) in [5.41, 5.74) is 9.68. The molecule has 0 bridgehead atoms. The molecule has 1 aliphatic rings. The SMILES string of the molecule is NC(Cc1ccc(S)cc1)=C1CC1. The Kier molecular flexibility index (Phi) is 2.32. The van der Waals surface area contributed by atoms with Crippen LogP contribution in [0.3, 0.4) is 0 Å². The lowest BCUT2D eigenvalue weighted by atomic mass is 10.1. The average Bonchev–Trinajstić information content (AvgIpc) is 2.91. The monoisotopic (exact) mass is 191 g/mol. The molecule has 0 amide bonds. The lowest BCUT2D eigenvalue weighted by Gasteiger charge is -2.01. The van der Waals surface area contributed by atoms with Gasteiger partial charge in [-0.3, -0.25) is 0 Å². The van der Waals surface area contributed by atoms with Gasteiger partial charge in [0, 0.05) is 17.0 Å². The minimum atomic E-state index is 0.892. The summed E-state index contributed by atoms with van der Waals surface area (Å²) in [6.45, 7) is 0. The van der Waals surface area contributed by atoms with Crippen LogP contribution in [0.5, 0.6) is 0 Å². The normalized spacial score (nSPS) is 14.4. The van der Waals surface area contributed by atoms with Gasteiger partial charge >= 0.3 is 0 Å². The number of benzene rings is 1. The van der Waals surface area contributed by atoms with E-state index in [0.717, 1.165) is 17.0 Å². The Labute approximate surface area is 84.1 Å². The Balaban J connectivity index is 2.10. The van der Waals surface area contributed by atoms with E-state index in [2.05, 4.69) is 24.8 Å². The van der Waals surface area contributed by atoms with Crippen LogP contribution in [0.2, 0.25) is 0 Å².